The smallest absolute Gasteiger partial charge is 0.251 e. The van der Waals surface area contributed by atoms with E-state index in [0.29, 0.717) is 23.5 Å². The standard InChI is InChI=1S/C25H31FN6O4/c1-7-19(24(34)27-25(2,3)4)32(18-10-8-9-17(26)14-18)22(33)15-31-29-23(28-30-31)16-11-12-20(35-5)21(13-16)36-6/h8-14,19H,7,15H2,1-6H3,(H,27,34)/t19-/m1/s1. The molecule has 0 aliphatic carbocycles. The molecule has 3 rings (SSSR count). The van der Waals surface area contributed by atoms with Crippen LogP contribution in [0.2, 0.25) is 0 Å². The van der Waals surface area contributed by atoms with Crippen molar-refractivity contribution in [3.05, 3.63) is 48.3 Å². The molecule has 0 aliphatic rings. The van der Waals surface area contributed by atoms with E-state index in [4.69, 9.17) is 9.47 Å². The predicted molar refractivity (Wildman–Crippen MR) is 132 cm³/mol. The molecule has 0 fully saturated rings. The van der Waals surface area contributed by atoms with Crippen LogP contribution in [0.1, 0.15) is 34.1 Å². The van der Waals surface area contributed by atoms with Crippen LogP contribution >= 0.6 is 0 Å². The largest absolute Gasteiger partial charge is 0.493 e. The Kier molecular flexibility index (Phi) is 8.23. The maximum Gasteiger partial charge on any atom is 0.251 e. The van der Waals surface area contributed by atoms with E-state index < -0.39 is 23.3 Å². The van der Waals surface area contributed by atoms with Crippen LogP contribution in [0, 0.1) is 5.82 Å². The minimum Gasteiger partial charge on any atom is -0.493 e. The molecule has 0 saturated carbocycles. The molecule has 36 heavy (non-hydrogen) atoms. The summed E-state index contributed by atoms with van der Waals surface area (Å²) < 4.78 is 24.6. The van der Waals surface area contributed by atoms with Gasteiger partial charge >= 0.3 is 0 Å². The first-order chi connectivity index (χ1) is 17.1. The van der Waals surface area contributed by atoms with Gasteiger partial charge in [-0.2, -0.15) is 4.80 Å². The molecule has 0 radical (unpaired) electrons. The van der Waals surface area contributed by atoms with Crippen molar-refractivity contribution in [1.29, 1.82) is 0 Å². The molecule has 3 aromatic rings. The number of ether oxygens (including phenoxy) is 2. The number of amides is 2. The van der Waals surface area contributed by atoms with E-state index in [1.807, 2.05) is 20.8 Å². The number of nitrogens with one attached hydrogen (secondary N) is 1. The second kappa shape index (κ2) is 11.1. The summed E-state index contributed by atoms with van der Waals surface area (Å²) in [5, 5.41) is 15.2. The number of methoxy groups -OCH3 is 2. The van der Waals surface area contributed by atoms with Crippen molar-refractivity contribution >= 4 is 17.5 Å². The fourth-order valence-corrected chi connectivity index (χ4v) is 3.66. The molecule has 1 aromatic heterocycles. The lowest BCUT2D eigenvalue weighted by atomic mass is 10.1. The molecular formula is C25H31FN6O4. The predicted octanol–water partition coefficient (Wildman–Crippen LogP) is 3.22. The summed E-state index contributed by atoms with van der Waals surface area (Å²) in [7, 11) is 3.05. The number of carbonyl (C=O) groups excluding carboxylic acids is 2. The second-order valence-electron chi connectivity index (χ2n) is 9.12. The molecule has 11 heteroatoms. The Bertz CT molecular complexity index is 1220. The average molecular weight is 499 g/mol. The Hall–Kier alpha value is -4.02. The third-order valence-electron chi connectivity index (χ3n) is 5.23. The van der Waals surface area contributed by atoms with Crippen LogP contribution in [0.4, 0.5) is 10.1 Å². The molecule has 2 aromatic carbocycles. The fraction of sp³-hybridized carbons (Fsp3) is 0.400. The van der Waals surface area contributed by atoms with Crippen molar-refractivity contribution in [1.82, 2.24) is 25.5 Å². The number of aromatic nitrogens is 4. The number of rotatable bonds is 9. The van der Waals surface area contributed by atoms with Crippen molar-refractivity contribution in [2.45, 2.75) is 52.2 Å². The summed E-state index contributed by atoms with van der Waals surface area (Å²) in [6.07, 6.45) is 0.311. The van der Waals surface area contributed by atoms with Gasteiger partial charge in [-0.05, 0) is 68.8 Å². The van der Waals surface area contributed by atoms with Crippen LogP contribution in [0.25, 0.3) is 11.4 Å². The lowest BCUT2D eigenvalue weighted by molar-refractivity contribution is -0.128. The normalized spacial score (nSPS) is 12.1. The molecule has 0 aliphatic heterocycles. The molecule has 0 spiro atoms. The van der Waals surface area contributed by atoms with Gasteiger partial charge in [0.1, 0.15) is 18.4 Å². The molecule has 1 heterocycles. The molecule has 0 unspecified atom stereocenters. The van der Waals surface area contributed by atoms with E-state index >= 15 is 0 Å². The highest BCUT2D eigenvalue weighted by Crippen LogP contribution is 2.30. The fourth-order valence-electron chi connectivity index (χ4n) is 3.66. The van der Waals surface area contributed by atoms with Crippen LogP contribution in [-0.4, -0.2) is 57.8 Å². The van der Waals surface area contributed by atoms with Crippen molar-refractivity contribution in [3.8, 4) is 22.9 Å². The van der Waals surface area contributed by atoms with E-state index in [0.717, 1.165) is 4.80 Å². The maximum atomic E-state index is 14.1. The molecular weight excluding hydrogens is 467 g/mol. The summed E-state index contributed by atoms with van der Waals surface area (Å²) >= 11 is 0. The SMILES string of the molecule is CC[C@H](C(=O)NC(C)(C)C)N(C(=O)Cn1nnc(-c2ccc(OC)c(OC)c2)n1)c1cccc(F)c1. The lowest BCUT2D eigenvalue weighted by Crippen LogP contribution is -2.54. The number of tetrazole rings is 1. The molecule has 10 nitrogen and oxygen atoms in total. The summed E-state index contributed by atoms with van der Waals surface area (Å²) in [5.74, 6) is -0.0402. The number of anilines is 1. The molecule has 2 amide bonds. The van der Waals surface area contributed by atoms with E-state index in [1.165, 1.54) is 37.3 Å². The highest BCUT2D eigenvalue weighted by Gasteiger charge is 2.32. The van der Waals surface area contributed by atoms with Gasteiger partial charge in [0.05, 0.1) is 14.2 Å². The van der Waals surface area contributed by atoms with Gasteiger partial charge in [-0.15, -0.1) is 10.2 Å². The highest BCUT2D eigenvalue weighted by atomic mass is 19.1. The molecule has 1 atom stereocenters. The van der Waals surface area contributed by atoms with Crippen LogP contribution in [0.15, 0.2) is 42.5 Å². The Morgan fingerprint density at radius 3 is 2.44 bits per heavy atom. The Balaban J connectivity index is 1.90. The summed E-state index contributed by atoms with van der Waals surface area (Å²) in [6.45, 7) is 7.02. The number of nitrogens with zero attached hydrogens (tertiary/aromatic N) is 5. The van der Waals surface area contributed by atoms with Gasteiger partial charge in [-0.1, -0.05) is 13.0 Å². The maximum absolute atomic E-state index is 14.1. The number of hydrogen-bond acceptors (Lipinski definition) is 7. The van der Waals surface area contributed by atoms with E-state index in [-0.39, 0.29) is 24.0 Å². The monoisotopic (exact) mass is 498 g/mol. The summed E-state index contributed by atoms with van der Waals surface area (Å²) in [4.78, 5) is 29.0. The van der Waals surface area contributed by atoms with E-state index in [9.17, 15) is 14.0 Å². The summed E-state index contributed by atoms with van der Waals surface area (Å²) in [5.41, 5.74) is 0.364. The Morgan fingerprint density at radius 2 is 1.83 bits per heavy atom. The van der Waals surface area contributed by atoms with Gasteiger partial charge in [0.25, 0.3) is 5.91 Å². The molecule has 192 valence electrons. The van der Waals surface area contributed by atoms with Gasteiger partial charge in [-0.25, -0.2) is 4.39 Å². The van der Waals surface area contributed by atoms with Crippen LogP contribution < -0.4 is 19.7 Å². The van der Waals surface area contributed by atoms with Gasteiger partial charge < -0.3 is 14.8 Å². The topological polar surface area (TPSA) is 111 Å². The zero-order valence-corrected chi connectivity index (χ0v) is 21.3. The molecule has 0 bridgehead atoms. The van der Waals surface area contributed by atoms with Gasteiger partial charge in [0.2, 0.25) is 11.7 Å². The first kappa shape index (κ1) is 26.6. The van der Waals surface area contributed by atoms with Crippen molar-refractivity contribution in [3.63, 3.8) is 0 Å². The van der Waals surface area contributed by atoms with Crippen LogP contribution in [-0.2, 0) is 16.1 Å². The van der Waals surface area contributed by atoms with Gasteiger partial charge in [0.15, 0.2) is 11.5 Å². The number of halogens is 1. The van der Waals surface area contributed by atoms with E-state index in [1.54, 1.807) is 31.2 Å². The van der Waals surface area contributed by atoms with Gasteiger partial charge in [-0.3, -0.25) is 14.5 Å². The zero-order valence-electron chi connectivity index (χ0n) is 21.3. The first-order valence-electron chi connectivity index (χ1n) is 11.5. The van der Waals surface area contributed by atoms with E-state index in [2.05, 4.69) is 20.7 Å². The number of carbonyl (C=O) groups is 2. The summed E-state index contributed by atoms with van der Waals surface area (Å²) in [6, 6.07) is 9.85. The molecule has 1 N–H and O–H groups in total. The minimum atomic E-state index is -0.868. The van der Waals surface area contributed by atoms with Crippen LogP contribution in [0.3, 0.4) is 0 Å². The van der Waals surface area contributed by atoms with Crippen LogP contribution in [0.5, 0.6) is 11.5 Å². The third-order valence-corrected chi connectivity index (χ3v) is 5.23. The third kappa shape index (κ3) is 6.35. The average Bonchev–Trinajstić information content (AvgIpc) is 3.28. The Morgan fingerprint density at radius 1 is 1.11 bits per heavy atom. The first-order valence-corrected chi connectivity index (χ1v) is 11.5. The quantitative estimate of drug-likeness (QED) is 0.482. The highest BCUT2D eigenvalue weighted by molar-refractivity contribution is 6.00. The van der Waals surface area contributed by atoms with Crippen molar-refractivity contribution < 1.29 is 23.5 Å². The second-order valence-corrected chi connectivity index (χ2v) is 9.12. The van der Waals surface area contributed by atoms with Crippen molar-refractivity contribution in [2.75, 3.05) is 19.1 Å². The lowest BCUT2D eigenvalue weighted by Gasteiger charge is -2.32. The van der Waals surface area contributed by atoms with Crippen molar-refractivity contribution in [2.24, 2.45) is 0 Å². The zero-order chi connectivity index (χ0) is 26.5. The number of benzene rings is 2. The molecule has 0 saturated heterocycles. The van der Waals surface area contributed by atoms with Gasteiger partial charge in [0, 0.05) is 16.8 Å². The minimum absolute atomic E-state index is 0.260. The number of hydrogen-bond donors (Lipinski definition) is 1. The Labute approximate surface area is 209 Å².